The summed E-state index contributed by atoms with van der Waals surface area (Å²) in [5.41, 5.74) is 5.15. The number of nitrogens with one attached hydrogen (secondary N) is 2. The van der Waals surface area contributed by atoms with Crippen LogP contribution in [0.4, 0.5) is 21.9 Å². The number of benzene rings is 2. The van der Waals surface area contributed by atoms with Gasteiger partial charge in [-0.1, -0.05) is 12.1 Å². The van der Waals surface area contributed by atoms with Crippen LogP contribution in [0, 0.1) is 13.8 Å². The van der Waals surface area contributed by atoms with Gasteiger partial charge in [-0.2, -0.15) is 0 Å². The summed E-state index contributed by atoms with van der Waals surface area (Å²) in [6.45, 7) is 6.08. The lowest BCUT2D eigenvalue weighted by atomic mass is 10.1. The molecule has 0 aliphatic carbocycles. The van der Waals surface area contributed by atoms with E-state index in [4.69, 9.17) is 0 Å². The van der Waals surface area contributed by atoms with Gasteiger partial charge < -0.3 is 10.6 Å². The Morgan fingerprint density at radius 2 is 1.69 bits per heavy atom. The number of anilines is 3. The highest BCUT2D eigenvalue weighted by Gasteiger charge is 2.28. The second-order valence-electron chi connectivity index (χ2n) is 6.44. The van der Waals surface area contributed by atoms with Crippen LogP contribution in [0.2, 0.25) is 0 Å². The van der Waals surface area contributed by atoms with Gasteiger partial charge in [0.25, 0.3) is 0 Å². The molecular formula is C19H23N3O3S. The first-order chi connectivity index (χ1) is 12.3. The Labute approximate surface area is 154 Å². The van der Waals surface area contributed by atoms with Crippen molar-refractivity contribution in [3.05, 3.63) is 53.1 Å². The molecule has 2 aromatic rings. The largest absolute Gasteiger partial charge is 0.323 e. The van der Waals surface area contributed by atoms with Crippen molar-refractivity contribution >= 4 is 33.1 Å². The molecule has 1 aliphatic heterocycles. The summed E-state index contributed by atoms with van der Waals surface area (Å²) in [5.74, 6) is 0.0529. The molecule has 2 amide bonds. The van der Waals surface area contributed by atoms with E-state index < -0.39 is 10.0 Å². The third-order valence-corrected chi connectivity index (χ3v) is 6.44. The van der Waals surface area contributed by atoms with Gasteiger partial charge in [0.15, 0.2) is 0 Å². The summed E-state index contributed by atoms with van der Waals surface area (Å²) in [4.78, 5) is 12.3. The van der Waals surface area contributed by atoms with Gasteiger partial charge in [0, 0.05) is 17.9 Å². The fraction of sp³-hybridized carbons (Fsp3) is 0.316. The molecule has 7 heteroatoms. The SMILES string of the molecule is CCS(=O)(=O)N1CCc2ccc(NC(=O)Nc3ccc(C)c(C)c3)cc21. The molecule has 0 saturated heterocycles. The van der Waals surface area contributed by atoms with E-state index >= 15 is 0 Å². The molecule has 2 N–H and O–H groups in total. The number of carbonyl (C=O) groups is 1. The second-order valence-corrected chi connectivity index (χ2v) is 8.63. The lowest BCUT2D eigenvalue weighted by Crippen LogP contribution is -2.30. The van der Waals surface area contributed by atoms with E-state index in [0.29, 0.717) is 30.0 Å². The summed E-state index contributed by atoms with van der Waals surface area (Å²) < 4.78 is 25.9. The fourth-order valence-corrected chi connectivity index (χ4v) is 4.14. The molecule has 0 saturated carbocycles. The van der Waals surface area contributed by atoms with Crippen LogP contribution in [-0.4, -0.2) is 26.7 Å². The minimum Gasteiger partial charge on any atom is -0.308 e. The predicted octanol–water partition coefficient (Wildman–Crippen LogP) is 3.66. The highest BCUT2D eigenvalue weighted by Crippen LogP contribution is 2.33. The number of urea groups is 1. The molecule has 0 unspecified atom stereocenters. The molecular weight excluding hydrogens is 350 g/mol. The number of aryl methyl sites for hydroxylation is 2. The van der Waals surface area contributed by atoms with Crippen LogP contribution in [0.15, 0.2) is 36.4 Å². The van der Waals surface area contributed by atoms with Gasteiger partial charge in [-0.3, -0.25) is 4.31 Å². The van der Waals surface area contributed by atoms with Gasteiger partial charge in [-0.25, -0.2) is 13.2 Å². The van der Waals surface area contributed by atoms with E-state index in [9.17, 15) is 13.2 Å². The molecule has 0 radical (unpaired) electrons. The minimum absolute atomic E-state index is 0.0529. The first kappa shape index (κ1) is 18.3. The van der Waals surface area contributed by atoms with E-state index in [1.807, 2.05) is 38.1 Å². The number of rotatable bonds is 4. The molecule has 0 fully saturated rings. The Balaban J connectivity index is 1.76. The van der Waals surface area contributed by atoms with Crippen molar-refractivity contribution in [2.45, 2.75) is 27.2 Å². The number of fused-ring (bicyclic) bond motifs is 1. The smallest absolute Gasteiger partial charge is 0.308 e. The van der Waals surface area contributed by atoms with E-state index in [1.54, 1.807) is 19.1 Å². The molecule has 138 valence electrons. The zero-order valence-electron chi connectivity index (χ0n) is 15.2. The van der Waals surface area contributed by atoms with Crippen LogP contribution in [0.25, 0.3) is 0 Å². The average Bonchev–Trinajstić information content (AvgIpc) is 3.02. The van der Waals surface area contributed by atoms with Gasteiger partial charge in [0.1, 0.15) is 0 Å². The zero-order valence-corrected chi connectivity index (χ0v) is 16.0. The lowest BCUT2D eigenvalue weighted by molar-refractivity contribution is 0.262. The summed E-state index contributed by atoms with van der Waals surface area (Å²) in [7, 11) is -3.31. The van der Waals surface area contributed by atoms with Crippen LogP contribution in [0.5, 0.6) is 0 Å². The van der Waals surface area contributed by atoms with Crippen molar-refractivity contribution < 1.29 is 13.2 Å². The van der Waals surface area contributed by atoms with Crippen LogP contribution in [0.1, 0.15) is 23.6 Å². The third-order valence-electron chi connectivity index (χ3n) is 4.66. The van der Waals surface area contributed by atoms with Crippen LogP contribution >= 0.6 is 0 Å². The maximum Gasteiger partial charge on any atom is 0.323 e. The van der Waals surface area contributed by atoms with E-state index in [-0.39, 0.29) is 11.8 Å². The van der Waals surface area contributed by atoms with Crippen molar-refractivity contribution in [1.29, 1.82) is 0 Å². The number of sulfonamides is 1. The Kier molecular flexibility index (Phi) is 4.91. The van der Waals surface area contributed by atoms with Gasteiger partial charge in [0.05, 0.1) is 11.4 Å². The summed E-state index contributed by atoms with van der Waals surface area (Å²) in [6.07, 6.45) is 0.684. The monoisotopic (exact) mass is 373 g/mol. The molecule has 0 bridgehead atoms. The van der Waals surface area contributed by atoms with Gasteiger partial charge in [0.2, 0.25) is 10.0 Å². The number of amides is 2. The maximum absolute atomic E-state index is 12.3. The number of nitrogens with zero attached hydrogens (tertiary/aromatic N) is 1. The highest BCUT2D eigenvalue weighted by molar-refractivity contribution is 7.92. The topological polar surface area (TPSA) is 78.5 Å². The Morgan fingerprint density at radius 3 is 2.35 bits per heavy atom. The Hall–Kier alpha value is -2.54. The molecule has 2 aromatic carbocycles. The van der Waals surface area contributed by atoms with Crippen LogP contribution in [-0.2, 0) is 16.4 Å². The van der Waals surface area contributed by atoms with E-state index in [2.05, 4.69) is 10.6 Å². The lowest BCUT2D eigenvalue weighted by Gasteiger charge is -2.19. The summed E-state index contributed by atoms with van der Waals surface area (Å²) in [5, 5.41) is 5.57. The van der Waals surface area contributed by atoms with Crippen LogP contribution < -0.4 is 14.9 Å². The molecule has 0 spiro atoms. The van der Waals surface area contributed by atoms with Crippen molar-refractivity contribution in [3.63, 3.8) is 0 Å². The fourth-order valence-electron chi connectivity index (χ4n) is 2.99. The maximum atomic E-state index is 12.3. The van der Waals surface area contributed by atoms with Gasteiger partial charge in [-0.15, -0.1) is 0 Å². The van der Waals surface area contributed by atoms with E-state index in [1.165, 1.54) is 4.31 Å². The zero-order chi connectivity index (χ0) is 18.9. The van der Waals surface area contributed by atoms with Gasteiger partial charge >= 0.3 is 6.03 Å². The van der Waals surface area contributed by atoms with Gasteiger partial charge in [-0.05, 0) is 68.1 Å². The molecule has 1 heterocycles. The van der Waals surface area contributed by atoms with Crippen molar-refractivity contribution in [3.8, 4) is 0 Å². The number of carbonyl (C=O) groups excluding carboxylic acids is 1. The number of hydrogen-bond donors (Lipinski definition) is 2. The quantitative estimate of drug-likeness (QED) is 0.858. The summed E-state index contributed by atoms with van der Waals surface area (Å²) >= 11 is 0. The molecule has 6 nitrogen and oxygen atoms in total. The summed E-state index contributed by atoms with van der Waals surface area (Å²) in [6, 6.07) is 10.7. The molecule has 0 atom stereocenters. The molecule has 3 rings (SSSR count). The molecule has 1 aliphatic rings. The second kappa shape index (κ2) is 6.99. The van der Waals surface area contributed by atoms with Crippen LogP contribution in [0.3, 0.4) is 0 Å². The number of hydrogen-bond acceptors (Lipinski definition) is 3. The Morgan fingerprint density at radius 1 is 1.04 bits per heavy atom. The minimum atomic E-state index is -3.31. The normalized spacial score (nSPS) is 13.4. The average molecular weight is 373 g/mol. The first-order valence-electron chi connectivity index (χ1n) is 8.59. The van der Waals surface area contributed by atoms with Crippen molar-refractivity contribution in [2.75, 3.05) is 27.2 Å². The Bertz CT molecular complexity index is 954. The third kappa shape index (κ3) is 3.67. The van der Waals surface area contributed by atoms with Crippen molar-refractivity contribution in [1.82, 2.24) is 0 Å². The highest BCUT2D eigenvalue weighted by atomic mass is 32.2. The standard InChI is InChI=1S/C19H23N3O3S/c1-4-26(24,25)22-10-9-15-6-8-17(12-18(15)22)21-19(23)20-16-7-5-13(2)14(3)11-16/h5-8,11-12H,4,9-10H2,1-3H3,(H2,20,21,23). The molecule has 26 heavy (non-hydrogen) atoms. The van der Waals surface area contributed by atoms with Crippen molar-refractivity contribution in [2.24, 2.45) is 0 Å². The molecule has 0 aromatic heterocycles. The van der Waals surface area contributed by atoms with E-state index in [0.717, 1.165) is 16.7 Å². The predicted molar refractivity (Wildman–Crippen MR) is 106 cm³/mol. The first-order valence-corrected chi connectivity index (χ1v) is 10.2.